The molecule has 0 aliphatic rings. The lowest BCUT2D eigenvalue weighted by Gasteiger charge is -2.18. The van der Waals surface area contributed by atoms with Gasteiger partial charge in [0.2, 0.25) is 0 Å². The molecule has 424 valence electrons. The lowest BCUT2D eigenvalue weighted by atomic mass is 10.1. The molecule has 0 saturated heterocycles. The Morgan fingerprint density at radius 3 is 0.960 bits per heavy atom. The van der Waals surface area contributed by atoms with Crippen LogP contribution in [0.2, 0.25) is 0 Å². The molecule has 0 amide bonds. The van der Waals surface area contributed by atoms with Gasteiger partial charge < -0.3 is 14.2 Å². The van der Waals surface area contributed by atoms with Crippen molar-refractivity contribution < 1.29 is 28.6 Å². The molecule has 0 fully saturated rings. The van der Waals surface area contributed by atoms with Crippen molar-refractivity contribution in [2.24, 2.45) is 0 Å². The third kappa shape index (κ3) is 60.3. The highest BCUT2D eigenvalue weighted by atomic mass is 16.6. The summed E-state index contributed by atoms with van der Waals surface area (Å²) in [6.45, 7) is 6.38. The summed E-state index contributed by atoms with van der Waals surface area (Å²) in [5.74, 6) is -1.08. The van der Waals surface area contributed by atoms with Gasteiger partial charge >= 0.3 is 17.9 Å². The predicted octanol–water partition coefficient (Wildman–Crippen LogP) is 21.0. The molecular weight excluding hydrogens is 925 g/mol. The van der Waals surface area contributed by atoms with Gasteiger partial charge in [0.05, 0.1) is 6.42 Å². The van der Waals surface area contributed by atoms with E-state index in [0.717, 1.165) is 116 Å². The summed E-state index contributed by atoms with van der Waals surface area (Å²) in [4.78, 5) is 38.2. The fourth-order valence-electron chi connectivity index (χ4n) is 8.06. The number of hydrogen-bond donors (Lipinski definition) is 0. The topological polar surface area (TPSA) is 78.9 Å². The van der Waals surface area contributed by atoms with Crippen molar-refractivity contribution in [2.75, 3.05) is 13.2 Å². The number of ether oxygens (including phenoxy) is 3. The van der Waals surface area contributed by atoms with Crippen LogP contribution in [0.25, 0.3) is 0 Å². The molecule has 1 unspecified atom stereocenters. The average Bonchev–Trinajstić information content (AvgIpc) is 3.41. The minimum Gasteiger partial charge on any atom is -0.462 e. The number of hydrogen-bond acceptors (Lipinski definition) is 6. The second-order valence-corrected chi connectivity index (χ2v) is 19.9. The highest BCUT2D eigenvalue weighted by Crippen LogP contribution is 2.14. The van der Waals surface area contributed by atoms with E-state index in [9.17, 15) is 14.4 Å². The van der Waals surface area contributed by atoms with Crippen molar-refractivity contribution in [3.05, 3.63) is 134 Å². The number of carbonyl (C=O) groups excluding carboxylic acids is 3. The summed E-state index contributed by atoms with van der Waals surface area (Å²) in [6.07, 6.45) is 87.5. The van der Waals surface area contributed by atoms with Crippen molar-refractivity contribution in [2.45, 2.75) is 271 Å². The van der Waals surface area contributed by atoms with Crippen molar-refractivity contribution in [3.63, 3.8) is 0 Å². The molecule has 0 aromatic rings. The molecule has 0 saturated carbocycles. The van der Waals surface area contributed by atoms with Gasteiger partial charge in [0.25, 0.3) is 0 Å². The second kappa shape index (κ2) is 62.1. The number of unbranched alkanes of at least 4 members (excludes halogenated alkanes) is 22. The number of rotatable bonds is 54. The van der Waals surface area contributed by atoms with Crippen molar-refractivity contribution >= 4 is 17.9 Å². The largest absolute Gasteiger partial charge is 0.462 e. The molecule has 0 heterocycles. The highest BCUT2D eigenvalue weighted by molar-refractivity contribution is 5.72. The first-order valence-electron chi connectivity index (χ1n) is 30.7. The molecule has 6 nitrogen and oxygen atoms in total. The lowest BCUT2D eigenvalue weighted by molar-refractivity contribution is -0.166. The normalized spacial score (nSPS) is 13.1. The number of esters is 3. The van der Waals surface area contributed by atoms with Crippen LogP contribution in [0.3, 0.4) is 0 Å². The Kier molecular flexibility index (Phi) is 58.4. The molecule has 0 aliphatic heterocycles. The Hall–Kier alpha value is -4.45. The summed E-state index contributed by atoms with van der Waals surface area (Å²) in [5, 5.41) is 0. The van der Waals surface area contributed by atoms with Crippen molar-refractivity contribution in [3.8, 4) is 0 Å². The van der Waals surface area contributed by atoms with Gasteiger partial charge in [0.15, 0.2) is 6.10 Å². The molecule has 0 radical (unpaired) electrons. The van der Waals surface area contributed by atoms with Crippen LogP contribution in [0.15, 0.2) is 134 Å². The fraction of sp³-hybridized carbons (Fsp3) is 0.638. The zero-order chi connectivity index (χ0) is 54.3. The van der Waals surface area contributed by atoms with Crippen LogP contribution in [0.1, 0.15) is 265 Å². The van der Waals surface area contributed by atoms with Gasteiger partial charge in [-0.25, -0.2) is 0 Å². The van der Waals surface area contributed by atoms with Gasteiger partial charge in [-0.2, -0.15) is 0 Å². The summed E-state index contributed by atoms with van der Waals surface area (Å²) in [7, 11) is 0. The van der Waals surface area contributed by atoms with Crippen LogP contribution in [-0.4, -0.2) is 37.2 Å². The standard InChI is InChI=1S/C69H112O6/c1-4-7-10-13-16-19-22-25-28-30-32-33-34-35-37-38-41-44-47-50-53-56-59-62-68(71)74-65-66(64-73-67(70)61-58-55-52-49-46-43-40-27-24-21-18-15-12-9-6-3)75-69(72)63-60-57-54-51-48-45-42-39-36-31-29-26-23-20-17-14-11-8-5-2/h9,12,17-18,20-22,25-27,29-30,32,34-36,39-40,46,49,55,58,66H,4-8,10-11,13-16,19,23-24,28,31,33,37-38,41-45,47-48,50-54,56-57,59-65H2,1-3H3/b12-9-,20-17-,21-18-,25-22-,29-26-,32-30-,35-34-,39-36-,40-27-,49-46-,58-55-. The predicted molar refractivity (Wildman–Crippen MR) is 325 cm³/mol. The molecule has 75 heavy (non-hydrogen) atoms. The zero-order valence-electron chi connectivity index (χ0n) is 48.5. The molecule has 0 aromatic carbocycles. The molecule has 0 N–H and O–H groups in total. The summed E-state index contributed by atoms with van der Waals surface area (Å²) in [5.41, 5.74) is 0. The van der Waals surface area contributed by atoms with Crippen LogP contribution in [0.5, 0.6) is 0 Å². The first-order chi connectivity index (χ1) is 37.0. The third-order valence-corrected chi connectivity index (χ3v) is 12.6. The smallest absolute Gasteiger partial charge is 0.309 e. The third-order valence-electron chi connectivity index (χ3n) is 12.6. The van der Waals surface area contributed by atoms with E-state index in [1.807, 2.05) is 6.08 Å². The molecule has 0 aromatic heterocycles. The fourth-order valence-corrected chi connectivity index (χ4v) is 8.06. The maximum absolute atomic E-state index is 12.9. The Morgan fingerprint density at radius 1 is 0.293 bits per heavy atom. The molecular formula is C69H112O6. The molecule has 1 atom stereocenters. The van der Waals surface area contributed by atoms with Crippen LogP contribution >= 0.6 is 0 Å². The van der Waals surface area contributed by atoms with E-state index in [1.165, 1.54) is 109 Å². The van der Waals surface area contributed by atoms with Gasteiger partial charge in [0, 0.05) is 12.8 Å². The van der Waals surface area contributed by atoms with E-state index >= 15 is 0 Å². The quantitative estimate of drug-likeness (QED) is 0.0261. The Labute approximate surface area is 462 Å². The van der Waals surface area contributed by atoms with Gasteiger partial charge in [0.1, 0.15) is 13.2 Å². The molecule has 0 aliphatic carbocycles. The first kappa shape index (κ1) is 70.5. The van der Waals surface area contributed by atoms with E-state index in [2.05, 4.69) is 142 Å². The SMILES string of the molecule is CC/C=C\C/C=C\C/C=C\C/C=C\C/C=C\CC(=O)OCC(COC(=O)CCCCCCCCCC/C=C\C/C=C\C/C=C\CCCCCCC)OC(=O)CCCCCCCC/C=C\C/C=C\C/C=C\CCCCC. The van der Waals surface area contributed by atoms with E-state index < -0.39 is 12.1 Å². The monoisotopic (exact) mass is 1040 g/mol. The second-order valence-electron chi connectivity index (χ2n) is 19.9. The molecule has 6 heteroatoms. The first-order valence-corrected chi connectivity index (χ1v) is 30.7. The van der Waals surface area contributed by atoms with Gasteiger partial charge in [-0.1, -0.05) is 257 Å². The molecule has 0 rings (SSSR count). The Bertz CT molecular complexity index is 1620. The van der Waals surface area contributed by atoms with Crippen LogP contribution < -0.4 is 0 Å². The van der Waals surface area contributed by atoms with Crippen molar-refractivity contribution in [1.29, 1.82) is 0 Å². The summed E-state index contributed by atoms with van der Waals surface area (Å²) < 4.78 is 16.8. The van der Waals surface area contributed by atoms with Crippen molar-refractivity contribution in [1.82, 2.24) is 0 Å². The van der Waals surface area contributed by atoms with Crippen LogP contribution in [-0.2, 0) is 28.6 Å². The Balaban J connectivity index is 4.50. The minimum atomic E-state index is -0.834. The van der Waals surface area contributed by atoms with Gasteiger partial charge in [-0.05, 0) is 122 Å². The maximum Gasteiger partial charge on any atom is 0.309 e. The van der Waals surface area contributed by atoms with Gasteiger partial charge in [-0.3, -0.25) is 14.4 Å². The van der Waals surface area contributed by atoms with Crippen LogP contribution in [0.4, 0.5) is 0 Å². The van der Waals surface area contributed by atoms with E-state index in [-0.39, 0.29) is 38.0 Å². The summed E-state index contributed by atoms with van der Waals surface area (Å²) in [6, 6.07) is 0. The number of carbonyl (C=O) groups is 3. The number of allylic oxidation sites excluding steroid dienone is 21. The Morgan fingerprint density at radius 2 is 0.573 bits per heavy atom. The van der Waals surface area contributed by atoms with E-state index in [0.29, 0.717) is 6.42 Å². The van der Waals surface area contributed by atoms with Gasteiger partial charge in [-0.15, -0.1) is 0 Å². The molecule has 0 bridgehead atoms. The average molecular weight is 1040 g/mol. The maximum atomic E-state index is 12.9. The van der Waals surface area contributed by atoms with E-state index in [1.54, 1.807) is 6.08 Å². The zero-order valence-corrected chi connectivity index (χ0v) is 48.5. The summed E-state index contributed by atoms with van der Waals surface area (Å²) >= 11 is 0. The minimum absolute atomic E-state index is 0.117. The lowest BCUT2D eigenvalue weighted by Crippen LogP contribution is -2.30. The molecule has 0 spiro atoms. The highest BCUT2D eigenvalue weighted by Gasteiger charge is 2.19. The van der Waals surface area contributed by atoms with Crippen LogP contribution in [0, 0.1) is 0 Å². The van der Waals surface area contributed by atoms with E-state index in [4.69, 9.17) is 14.2 Å².